The van der Waals surface area contributed by atoms with Gasteiger partial charge in [0, 0.05) is 18.4 Å². The molecule has 2 heteroatoms. The number of aromatic nitrogens is 1. The van der Waals surface area contributed by atoms with Gasteiger partial charge in [-0.05, 0) is 47.9 Å². The summed E-state index contributed by atoms with van der Waals surface area (Å²) in [5.74, 6) is 0.678. The maximum absolute atomic E-state index is 6.32. The highest BCUT2D eigenvalue weighted by molar-refractivity contribution is 5.26. The van der Waals surface area contributed by atoms with Crippen LogP contribution in [0.5, 0.6) is 0 Å². The smallest absolute Gasteiger partial charge is 0.0299 e. The van der Waals surface area contributed by atoms with Crippen LogP contribution in [0.15, 0.2) is 48.8 Å². The van der Waals surface area contributed by atoms with Crippen molar-refractivity contribution in [2.75, 3.05) is 0 Å². The Morgan fingerprint density at radius 2 is 1.90 bits per heavy atom. The van der Waals surface area contributed by atoms with Gasteiger partial charge in [-0.25, -0.2) is 0 Å². The Morgan fingerprint density at radius 1 is 1.10 bits per heavy atom. The van der Waals surface area contributed by atoms with Gasteiger partial charge >= 0.3 is 0 Å². The third-order valence-electron chi connectivity index (χ3n) is 3.49. The molecule has 1 heterocycles. The third-order valence-corrected chi connectivity index (χ3v) is 3.49. The maximum atomic E-state index is 6.32. The molecule has 1 aromatic heterocycles. The second-order valence-corrected chi connectivity index (χ2v) is 5.85. The molecule has 1 atom stereocenters. The number of pyridine rings is 1. The van der Waals surface area contributed by atoms with E-state index in [9.17, 15) is 0 Å². The Kier molecular flexibility index (Phi) is 5.31. The summed E-state index contributed by atoms with van der Waals surface area (Å²) in [4.78, 5) is 4.14. The summed E-state index contributed by atoms with van der Waals surface area (Å²) in [7, 11) is 0. The molecule has 0 radical (unpaired) electrons. The minimum absolute atomic E-state index is 0.0994. The van der Waals surface area contributed by atoms with Crippen LogP contribution in [-0.2, 0) is 12.8 Å². The molecule has 0 saturated carbocycles. The number of rotatable bonds is 6. The molecule has 2 rings (SSSR count). The van der Waals surface area contributed by atoms with Crippen LogP contribution in [0, 0.1) is 5.92 Å². The molecule has 0 aliphatic rings. The SMILES string of the molecule is CC(C)Cc1cccc(C(N)CCc2cccnc2)c1. The molecule has 2 N–H and O–H groups in total. The first-order valence-electron chi connectivity index (χ1n) is 7.38. The monoisotopic (exact) mass is 268 g/mol. The predicted molar refractivity (Wildman–Crippen MR) is 84.5 cm³/mol. The molecule has 1 unspecified atom stereocenters. The van der Waals surface area contributed by atoms with E-state index in [1.54, 1.807) is 6.20 Å². The predicted octanol–water partition coefficient (Wildman–Crippen LogP) is 3.91. The lowest BCUT2D eigenvalue weighted by Crippen LogP contribution is -2.12. The molecule has 0 fully saturated rings. The summed E-state index contributed by atoms with van der Waals surface area (Å²) in [5.41, 5.74) is 10.2. The number of hydrogen-bond donors (Lipinski definition) is 1. The van der Waals surface area contributed by atoms with E-state index in [4.69, 9.17) is 5.73 Å². The summed E-state index contributed by atoms with van der Waals surface area (Å²) >= 11 is 0. The lowest BCUT2D eigenvalue weighted by molar-refractivity contribution is 0.634. The summed E-state index contributed by atoms with van der Waals surface area (Å²) in [6, 6.07) is 12.9. The Labute approximate surface area is 122 Å². The quantitative estimate of drug-likeness (QED) is 0.862. The Bertz CT molecular complexity index is 520. The van der Waals surface area contributed by atoms with Gasteiger partial charge in [-0.2, -0.15) is 0 Å². The van der Waals surface area contributed by atoms with Gasteiger partial charge in [0.1, 0.15) is 0 Å². The Balaban J connectivity index is 1.96. The first-order chi connectivity index (χ1) is 9.65. The topological polar surface area (TPSA) is 38.9 Å². The molecule has 0 bridgehead atoms. The maximum Gasteiger partial charge on any atom is 0.0299 e. The molecule has 0 aliphatic carbocycles. The molecule has 20 heavy (non-hydrogen) atoms. The van der Waals surface area contributed by atoms with E-state index in [2.05, 4.69) is 49.2 Å². The van der Waals surface area contributed by atoms with Gasteiger partial charge in [-0.15, -0.1) is 0 Å². The van der Waals surface area contributed by atoms with Gasteiger partial charge in [0.15, 0.2) is 0 Å². The fourth-order valence-electron chi connectivity index (χ4n) is 2.46. The molecular formula is C18H24N2. The number of aryl methyl sites for hydroxylation is 1. The van der Waals surface area contributed by atoms with Crippen molar-refractivity contribution < 1.29 is 0 Å². The standard InChI is InChI=1S/C18H24N2/c1-14(2)11-16-5-3-7-17(12-16)18(19)9-8-15-6-4-10-20-13-15/h3-7,10,12-14,18H,8-9,11,19H2,1-2H3. The zero-order valence-corrected chi connectivity index (χ0v) is 12.4. The van der Waals surface area contributed by atoms with Crippen molar-refractivity contribution in [1.82, 2.24) is 4.98 Å². The highest BCUT2D eigenvalue weighted by atomic mass is 14.6. The molecule has 0 saturated heterocycles. The van der Waals surface area contributed by atoms with E-state index in [-0.39, 0.29) is 6.04 Å². The molecule has 0 aliphatic heterocycles. The Morgan fingerprint density at radius 3 is 2.60 bits per heavy atom. The summed E-state index contributed by atoms with van der Waals surface area (Å²) in [5, 5.41) is 0. The minimum atomic E-state index is 0.0994. The largest absolute Gasteiger partial charge is 0.324 e. The Hall–Kier alpha value is -1.67. The van der Waals surface area contributed by atoms with Crippen LogP contribution in [0.4, 0.5) is 0 Å². The van der Waals surface area contributed by atoms with Crippen LogP contribution in [-0.4, -0.2) is 4.98 Å². The van der Waals surface area contributed by atoms with Gasteiger partial charge in [-0.1, -0.05) is 44.2 Å². The molecule has 0 amide bonds. The highest BCUT2D eigenvalue weighted by Crippen LogP contribution is 2.19. The van der Waals surface area contributed by atoms with Crippen LogP contribution in [0.2, 0.25) is 0 Å². The number of benzene rings is 1. The van der Waals surface area contributed by atoms with Crippen molar-refractivity contribution in [1.29, 1.82) is 0 Å². The second kappa shape index (κ2) is 7.20. The molecule has 2 aromatic rings. The lowest BCUT2D eigenvalue weighted by atomic mass is 9.96. The van der Waals surface area contributed by atoms with Crippen LogP contribution in [0.3, 0.4) is 0 Å². The zero-order valence-electron chi connectivity index (χ0n) is 12.4. The number of hydrogen-bond acceptors (Lipinski definition) is 2. The minimum Gasteiger partial charge on any atom is -0.324 e. The molecule has 1 aromatic carbocycles. The van der Waals surface area contributed by atoms with Gasteiger partial charge in [0.2, 0.25) is 0 Å². The van der Waals surface area contributed by atoms with E-state index < -0.39 is 0 Å². The van der Waals surface area contributed by atoms with E-state index in [1.165, 1.54) is 16.7 Å². The average molecular weight is 268 g/mol. The van der Waals surface area contributed by atoms with Crippen LogP contribution in [0.1, 0.15) is 43.0 Å². The van der Waals surface area contributed by atoms with E-state index >= 15 is 0 Å². The lowest BCUT2D eigenvalue weighted by Gasteiger charge is -2.14. The van der Waals surface area contributed by atoms with Gasteiger partial charge in [-0.3, -0.25) is 4.98 Å². The van der Waals surface area contributed by atoms with Crippen molar-refractivity contribution in [3.8, 4) is 0 Å². The van der Waals surface area contributed by atoms with Crippen molar-refractivity contribution >= 4 is 0 Å². The molecule has 2 nitrogen and oxygen atoms in total. The highest BCUT2D eigenvalue weighted by Gasteiger charge is 2.08. The van der Waals surface area contributed by atoms with Gasteiger partial charge in [0.05, 0.1) is 0 Å². The van der Waals surface area contributed by atoms with Crippen molar-refractivity contribution in [2.45, 2.75) is 39.2 Å². The zero-order chi connectivity index (χ0) is 14.4. The fraction of sp³-hybridized carbons (Fsp3) is 0.389. The summed E-state index contributed by atoms with van der Waals surface area (Å²) in [6.45, 7) is 4.49. The molecular weight excluding hydrogens is 244 g/mol. The van der Waals surface area contributed by atoms with E-state index in [0.29, 0.717) is 5.92 Å². The van der Waals surface area contributed by atoms with Gasteiger partial charge in [0.25, 0.3) is 0 Å². The van der Waals surface area contributed by atoms with Crippen molar-refractivity contribution in [3.05, 3.63) is 65.5 Å². The van der Waals surface area contributed by atoms with Gasteiger partial charge < -0.3 is 5.73 Å². The van der Waals surface area contributed by atoms with Crippen LogP contribution >= 0.6 is 0 Å². The second-order valence-electron chi connectivity index (χ2n) is 5.85. The normalized spacial score (nSPS) is 12.6. The van der Waals surface area contributed by atoms with E-state index in [1.807, 2.05) is 12.3 Å². The first-order valence-corrected chi connectivity index (χ1v) is 7.38. The summed E-state index contributed by atoms with van der Waals surface area (Å²) < 4.78 is 0. The molecule has 0 spiro atoms. The third kappa shape index (κ3) is 4.46. The fourth-order valence-corrected chi connectivity index (χ4v) is 2.46. The number of nitrogens with zero attached hydrogens (tertiary/aromatic N) is 1. The first kappa shape index (κ1) is 14.7. The number of nitrogens with two attached hydrogens (primary N) is 1. The van der Waals surface area contributed by atoms with Crippen molar-refractivity contribution in [3.63, 3.8) is 0 Å². The van der Waals surface area contributed by atoms with E-state index in [0.717, 1.165) is 19.3 Å². The average Bonchev–Trinajstić information content (AvgIpc) is 2.45. The van der Waals surface area contributed by atoms with Crippen LogP contribution in [0.25, 0.3) is 0 Å². The summed E-state index contributed by atoms with van der Waals surface area (Å²) in [6.07, 6.45) is 6.77. The van der Waals surface area contributed by atoms with Crippen LogP contribution < -0.4 is 5.73 Å². The molecule has 106 valence electrons. The van der Waals surface area contributed by atoms with Crippen molar-refractivity contribution in [2.24, 2.45) is 11.7 Å².